The van der Waals surface area contributed by atoms with Crippen LogP contribution in [0.15, 0.2) is 30.3 Å². The maximum absolute atomic E-state index is 14.9. The van der Waals surface area contributed by atoms with E-state index in [9.17, 15) is 36.6 Å². The fourth-order valence-electron chi connectivity index (χ4n) is 4.45. The Kier molecular flexibility index (Phi) is 10.3. The Morgan fingerprint density at radius 1 is 1.10 bits per heavy atom. The van der Waals surface area contributed by atoms with Crippen molar-refractivity contribution in [1.82, 2.24) is 10.2 Å². The highest BCUT2D eigenvalue weighted by Gasteiger charge is 2.32. The fraction of sp³-hybridized carbons (Fsp3) is 0.500. The number of amides is 2. The van der Waals surface area contributed by atoms with Crippen molar-refractivity contribution < 1.29 is 36.6 Å². The number of hydrogen-bond donors (Lipinski definition) is 3. The number of nitrogens with one attached hydrogen (secondary N) is 2. The van der Waals surface area contributed by atoms with Gasteiger partial charge in [-0.15, -0.1) is 0 Å². The third-order valence-electron chi connectivity index (χ3n) is 6.92. The quantitative estimate of drug-likeness (QED) is 0.354. The Bertz CT molecular complexity index is 1270. The molecule has 0 saturated carbocycles. The van der Waals surface area contributed by atoms with Crippen molar-refractivity contribution in [1.29, 1.82) is 0 Å². The second kappa shape index (κ2) is 12.9. The Balaban J connectivity index is 1.73. The van der Waals surface area contributed by atoms with Crippen molar-refractivity contribution in [3.05, 3.63) is 58.1 Å². The number of carbonyl (C=O) groups is 2. The monoisotopic (exact) mass is 604 g/mol. The van der Waals surface area contributed by atoms with Gasteiger partial charge in [-0.05, 0) is 36.6 Å². The SMILES string of the molecule is C[C@H]1CN(c2cc(Cl)ccc2NC(=O)c2ccc(CNC(=O)[C@H](O)C(C)(C)C)c(F)c2F)CCN1CCC(F)(F)F. The molecule has 0 spiro atoms. The molecule has 2 amide bonds. The highest BCUT2D eigenvalue weighted by Crippen LogP contribution is 2.32. The predicted molar refractivity (Wildman–Crippen MR) is 147 cm³/mol. The zero-order chi connectivity index (χ0) is 30.7. The molecule has 0 unspecified atom stereocenters. The normalized spacial score (nSPS) is 17.3. The lowest BCUT2D eigenvalue weighted by atomic mass is 9.88. The number of piperazine rings is 1. The van der Waals surface area contributed by atoms with E-state index in [1.807, 2.05) is 4.90 Å². The summed E-state index contributed by atoms with van der Waals surface area (Å²) in [6.45, 7) is 7.29. The second-order valence-electron chi connectivity index (χ2n) is 11.2. The number of benzene rings is 2. The number of rotatable bonds is 8. The maximum Gasteiger partial charge on any atom is 0.390 e. The van der Waals surface area contributed by atoms with Gasteiger partial charge in [-0.1, -0.05) is 38.4 Å². The van der Waals surface area contributed by atoms with Crippen LogP contribution in [0.25, 0.3) is 0 Å². The van der Waals surface area contributed by atoms with E-state index in [4.69, 9.17) is 11.6 Å². The van der Waals surface area contributed by atoms with Crippen molar-refractivity contribution in [2.24, 2.45) is 5.41 Å². The Hall–Kier alpha value is -2.96. The first kappa shape index (κ1) is 32.6. The van der Waals surface area contributed by atoms with Crippen molar-refractivity contribution >= 4 is 34.8 Å². The van der Waals surface area contributed by atoms with E-state index in [1.165, 1.54) is 18.2 Å². The predicted octanol–water partition coefficient (Wildman–Crippen LogP) is 5.36. The molecule has 226 valence electrons. The second-order valence-corrected chi connectivity index (χ2v) is 11.6. The van der Waals surface area contributed by atoms with Gasteiger partial charge in [-0.3, -0.25) is 14.5 Å². The standard InChI is InChI=1S/C28H34ClF5N4O3/c1-16-15-38(12-11-37(16)10-9-28(32,33)34)21-13-18(29)6-8-20(21)36-25(40)19-7-5-17(22(30)23(19)31)14-35-26(41)24(39)27(2,3)4/h5-8,13,16,24,39H,9-12,14-15H2,1-4H3,(H,35,41)(H,36,40)/t16-,24-/m0/s1. The van der Waals surface area contributed by atoms with Crippen molar-refractivity contribution in [2.45, 2.75) is 59.0 Å². The minimum absolute atomic E-state index is 0.126. The molecule has 2 atom stereocenters. The minimum Gasteiger partial charge on any atom is -0.383 e. The van der Waals surface area contributed by atoms with E-state index < -0.39 is 59.7 Å². The molecule has 13 heteroatoms. The smallest absolute Gasteiger partial charge is 0.383 e. The van der Waals surface area contributed by atoms with Crippen LogP contribution in [0.5, 0.6) is 0 Å². The number of aliphatic hydroxyl groups excluding tert-OH is 1. The summed E-state index contributed by atoms with van der Waals surface area (Å²) in [7, 11) is 0. The number of carbonyl (C=O) groups excluding carboxylic acids is 2. The molecule has 0 aliphatic carbocycles. The number of halogens is 6. The molecule has 3 rings (SSSR count). The first-order chi connectivity index (χ1) is 19.0. The summed E-state index contributed by atoms with van der Waals surface area (Å²) in [4.78, 5) is 28.7. The third-order valence-corrected chi connectivity index (χ3v) is 7.16. The number of nitrogens with zero attached hydrogens (tertiary/aromatic N) is 2. The van der Waals surface area contributed by atoms with Gasteiger partial charge in [0.15, 0.2) is 11.6 Å². The van der Waals surface area contributed by atoms with Gasteiger partial charge in [0.2, 0.25) is 5.91 Å². The lowest BCUT2D eigenvalue weighted by molar-refractivity contribution is -0.139. The molecule has 1 fully saturated rings. The summed E-state index contributed by atoms with van der Waals surface area (Å²) in [5, 5.41) is 15.3. The number of aliphatic hydroxyl groups is 1. The topological polar surface area (TPSA) is 84.9 Å². The molecule has 1 aliphatic rings. The molecule has 1 heterocycles. The number of anilines is 2. The zero-order valence-electron chi connectivity index (χ0n) is 23.2. The molecule has 0 bridgehead atoms. The van der Waals surface area contributed by atoms with Crippen molar-refractivity contribution in [3.63, 3.8) is 0 Å². The molecule has 0 radical (unpaired) electrons. The van der Waals surface area contributed by atoms with E-state index in [2.05, 4.69) is 10.6 Å². The largest absolute Gasteiger partial charge is 0.390 e. The summed E-state index contributed by atoms with van der Waals surface area (Å²) >= 11 is 6.18. The molecular formula is C28H34ClF5N4O3. The van der Waals surface area contributed by atoms with Gasteiger partial charge in [-0.2, -0.15) is 13.2 Å². The van der Waals surface area contributed by atoms with E-state index in [0.717, 1.165) is 6.07 Å². The summed E-state index contributed by atoms with van der Waals surface area (Å²) in [5.41, 5.74) is -0.778. The first-order valence-electron chi connectivity index (χ1n) is 13.1. The third kappa shape index (κ3) is 8.52. The zero-order valence-corrected chi connectivity index (χ0v) is 24.0. The molecule has 2 aromatic rings. The molecule has 1 aliphatic heterocycles. The Labute approximate surface area is 240 Å². The molecule has 3 N–H and O–H groups in total. The van der Waals surface area contributed by atoms with Crippen LogP contribution in [0.4, 0.5) is 33.3 Å². The van der Waals surface area contributed by atoms with Gasteiger partial charge in [-0.25, -0.2) is 8.78 Å². The van der Waals surface area contributed by atoms with Crippen LogP contribution in [-0.2, 0) is 11.3 Å². The van der Waals surface area contributed by atoms with Crippen LogP contribution >= 0.6 is 11.6 Å². The van der Waals surface area contributed by atoms with Crippen LogP contribution in [0.1, 0.15) is 50.0 Å². The average Bonchev–Trinajstić information content (AvgIpc) is 2.88. The van der Waals surface area contributed by atoms with Crippen molar-refractivity contribution in [3.8, 4) is 0 Å². The van der Waals surface area contributed by atoms with Gasteiger partial charge in [0.25, 0.3) is 5.91 Å². The summed E-state index contributed by atoms with van der Waals surface area (Å²) < 4.78 is 67.8. The van der Waals surface area contributed by atoms with E-state index in [-0.39, 0.29) is 23.8 Å². The van der Waals surface area contributed by atoms with Crippen LogP contribution in [0.3, 0.4) is 0 Å². The van der Waals surface area contributed by atoms with Gasteiger partial charge in [0, 0.05) is 49.4 Å². The average molecular weight is 605 g/mol. The highest BCUT2D eigenvalue weighted by molar-refractivity contribution is 6.31. The molecular weight excluding hydrogens is 571 g/mol. The molecule has 2 aromatic carbocycles. The van der Waals surface area contributed by atoms with Crippen LogP contribution < -0.4 is 15.5 Å². The lowest BCUT2D eigenvalue weighted by Crippen LogP contribution is -2.52. The van der Waals surface area contributed by atoms with Crippen molar-refractivity contribution in [2.75, 3.05) is 36.4 Å². The van der Waals surface area contributed by atoms with E-state index in [1.54, 1.807) is 38.7 Å². The van der Waals surface area contributed by atoms with Crippen LogP contribution in [0.2, 0.25) is 5.02 Å². The van der Waals surface area contributed by atoms with Gasteiger partial charge in [0.05, 0.1) is 23.4 Å². The minimum atomic E-state index is -4.25. The highest BCUT2D eigenvalue weighted by atomic mass is 35.5. The molecule has 0 aromatic heterocycles. The summed E-state index contributed by atoms with van der Waals surface area (Å²) in [6, 6.07) is 6.64. The Morgan fingerprint density at radius 3 is 2.39 bits per heavy atom. The van der Waals surface area contributed by atoms with Crippen LogP contribution in [-0.4, -0.2) is 66.3 Å². The van der Waals surface area contributed by atoms with E-state index in [0.29, 0.717) is 30.3 Å². The molecule has 41 heavy (non-hydrogen) atoms. The van der Waals surface area contributed by atoms with Crippen LogP contribution in [0, 0.1) is 17.0 Å². The van der Waals surface area contributed by atoms with Gasteiger partial charge >= 0.3 is 6.18 Å². The van der Waals surface area contributed by atoms with Gasteiger partial charge in [0.1, 0.15) is 6.10 Å². The summed E-state index contributed by atoms with van der Waals surface area (Å²) in [6.07, 6.45) is -6.53. The van der Waals surface area contributed by atoms with E-state index >= 15 is 0 Å². The summed E-state index contributed by atoms with van der Waals surface area (Å²) in [5.74, 6) is -4.40. The first-order valence-corrected chi connectivity index (χ1v) is 13.4. The maximum atomic E-state index is 14.9. The Morgan fingerprint density at radius 2 is 1.78 bits per heavy atom. The number of hydrogen-bond acceptors (Lipinski definition) is 5. The molecule has 7 nitrogen and oxygen atoms in total. The lowest BCUT2D eigenvalue weighted by Gasteiger charge is -2.41. The molecule has 1 saturated heterocycles. The van der Waals surface area contributed by atoms with Gasteiger partial charge < -0.3 is 20.6 Å². The number of alkyl halides is 3. The fourth-order valence-corrected chi connectivity index (χ4v) is 4.62.